The first kappa shape index (κ1) is 29.2. The van der Waals surface area contributed by atoms with Crippen LogP contribution in [0.15, 0.2) is 10.6 Å². The molecule has 0 amide bonds. The van der Waals surface area contributed by atoms with Crippen molar-refractivity contribution in [2.45, 2.75) is 89.4 Å². The first-order valence-corrected chi connectivity index (χ1v) is 16.0. The number of nitrogens with one attached hydrogen (secondary N) is 1. The Morgan fingerprint density at radius 3 is 2.74 bits per heavy atom. The number of nitrogen functional groups attached to an aromatic ring is 1. The Hall–Kier alpha value is -2.91. The zero-order chi connectivity index (χ0) is 29.8. The fraction of sp³-hybridized carbons (Fsp3) is 0.600. The number of piperazine rings is 1. The van der Waals surface area contributed by atoms with Gasteiger partial charge in [-0.15, -0.1) is 11.3 Å². The summed E-state index contributed by atoms with van der Waals surface area (Å²) in [5, 5.41) is 18.9. The SMILES string of the molecule is C[C@H](Oc1nc(-c2cc([C@@]3(C)CCCc4sc(N)c(C#N)c43)on2)nc(N2C[C@H](C)N[C@@H](C)C2)c1Cl)[C@@H]1CCCN1C. The van der Waals surface area contributed by atoms with E-state index in [0.29, 0.717) is 44.6 Å². The second-order valence-electron chi connectivity index (χ2n) is 12.4. The zero-order valence-corrected chi connectivity index (χ0v) is 26.5. The molecule has 0 aromatic carbocycles. The first-order valence-electron chi connectivity index (χ1n) is 14.8. The highest BCUT2D eigenvalue weighted by Gasteiger charge is 2.42. The smallest absolute Gasteiger partial charge is 0.238 e. The van der Waals surface area contributed by atoms with Gasteiger partial charge in [0, 0.05) is 42.2 Å². The maximum atomic E-state index is 9.91. The average molecular weight is 611 g/mol. The van der Waals surface area contributed by atoms with Gasteiger partial charge in [-0.1, -0.05) is 16.8 Å². The van der Waals surface area contributed by atoms with Crippen molar-refractivity contribution in [1.82, 2.24) is 25.3 Å². The van der Waals surface area contributed by atoms with Gasteiger partial charge >= 0.3 is 0 Å². The van der Waals surface area contributed by atoms with Crippen LogP contribution >= 0.6 is 22.9 Å². The molecule has 10 nitrogen and oxygen atoms in total. The van der Waals surface area contributed by atoms with Crippen molar-refractivity contribution in [3.63, 3.8) is 0 Å². The maximum Gasteiger partial charge on any atom is 0.238 e. The number of hydrogen-bond acceptors (Lipinski definition) is 11. The molecule has 224 valence electrons. The predicted molar refractivity (Wildman–Crippen MR) is 165 cm³/mol. The van der Waals surface area contributed by atoms with Crippen LogP contribution in [0.25, 0.3) is 11.5 Å². The highest BCUT2D eigenvalue weighted by molar-refractivity contribution is 7.16. The predicted octanol–water partition coefficient (Wildman–Crippen LogP) is 4.99. The molecule has 2 saturated heterocycles. The van der Waals surface area contributed by atoms with E-state index < -0.39 is 5.41 Å². The molecule has 0 unspecified atom stereocenters. The van der Waals surface area contributed by atoms with Gasteiger partial charge in [0.2, 0.25) is 5.88 Å². The van der Waals surface area contributed by atoms with Crippen molar-refractivity contribution >= 4 is 33.8 Å². The molecule has 0 saturated carbocycles. The molecule has 42 heavy (non-hydrogen) atoms. The number of ether oxygens (including phenoxy) is 1. The van der Waals surface area contributed by atoms with Crippen molar-refractivity contribution in [2.24, 2.45) is 0 Å². The van der Waals surface area contributed by atoms with E-state index >= 15 is 0 Å². The van der Waals surface area contributed by atoms with Gasteiger partial charge in [-0.3, -0.25) is 4.90 Å². The van der Waals surface area contributed by atoms with Gasteiger partial charge in [0.1, 0.15) is 28.0 Å². The Morgan fingerprint density at radius 1 is 1.29 bits per heavy atom. The van der Waals surface area contributed by atoms with E-state index in [4.69, 9.17) is 36.6 Å². The highest BCUT2D eigenvalue weighted by atomic mass is 35.5. The lowest BCUT2D eigenvalue weighted by Gasteiger charge is -2.37. The summed E-state index contributed by atoms with van der Waals surface area (Å²) >= 11 is 8.52. The van der Waals surface area contributed by atoms with Crippen molar-refractivity contribution in [3.8, 4) is 23.5 Å². The van der Waals surface area contributed by atoms with Crippen LogP contribution in [0, 0.1) is 11.3 Å². The summed E-state index contributed by atoms with van der Waals surface area (Å²) in [5.41, 5.74) is 7.73. The summed E-state index contributed by atoms with van der Waals surface area (Å²) in [7, 11) is 2.13. The number of aromatic nitrogens is 3. The number of anilines is 2. The third kappa shape index (κ3) is 5.12. The minimum atomic E-state index is -0.530. The molecule has 3 N–H and O–H groups in total. The standard InChI is InChI=1S/C30H39ClN8O2S/c1-16-14-39(15-17(2)34-16)28-25(31)29(40-18(3)21-8-7-11-38(21)5)36-27(35-28)20-12-23(41-37-20)30(4)10-6-9-22-24(30)19(13-32)26(33)42-22/h12,16-18,21,34H,6-11,14-15,33H2,1-5H3/t16-,17-,18-,21-,30+/m0/s1. The zero-order valence-electron chi connectivity index (χ0n) is 24.9. The molecule has 2 aliphatic heterocycles. The van der Waals surface area contributed by atoms with E-state index in [1.165, 1.54) is 11.3 Å². The Bertz CT molecular complexity index is 1510. The molecule has 1 aliphatic carbocycles. The van der Waals surface area contributed by atoms with Gasteiger partial charge in [-0.2, -0.15) is 10.2 Å². The minimum absolute atomic E-state index is 0.104. The van der Waals surface area contributed by atoms with E-state index in [1.807, 2.05) is 6.07 Å². The van der Waals surface area contributed by atoms with E-state index in [0.717, 1.165) is 62.2 Å². The van der Waals surface area contributed by atoms with E-state index in [2.05, 4.69) is 61.1 Å². The van der Waals surface area contributed by atoms with Crippen LogP contribution in [0.3, 0.4) is 0 Å². The summed E-state index contributed by atoms with van der Waals surface area (Å²) in [6.45, 7) is 11.1. The van der Waals surface area contributed by atoms with Crippen molar-refractivity contribution < 1.29 is 9.26 Å². The van der Waals surface area contributed by atoms with Crippen LogP contribution in [-0.2, 0) is 11.8 Å². The number of likely N-dealkylation sites (tertiary alicyclic amines) is 1. The van der Waals surface area contributed by atoms with Crippen LogP contribution < -0.4 is 20.7 Å². The molecule has 0 radical (unpaired) electrons. The van der Waals surface area contributed by atoms with Crippen LogP contribution in [0.4, 0.5) is 10.8 Å². The van der Waals surface area contributed by atoms with Gasteiger partial charge in [0.15, 0.2) is 17.3 Å². The molecule has 6 rings (SSSR count). The molecule has 5 heterocycles. The number of fused-ring (bicyclic) bond motifs is 1. The second kappa shape index (κ2) is 11.3. The molecule has 5 atom stereocenters. The highest BCUT2D eigenvalue weighted by Crippen LogP contribution is 2.49. The van der Waals surface area contributed by atoms with E-state index in [-0.39, 0.29) is 24.2 Å². The van der Waals surface area contributed by atoms with Gasteiger partial charge in [-0.25, -0.2) is 4.98 Å². The molecule has 3 aromatic heterocycles. The van der Waals surface area contributed by atoms with Crippen LogP contribution in [0.5, 0.6) is 5.88 Å². The molecular weight excluding hydrogens is 572 g/mol. The normalized spacial score (nSPS) is 27.1. The van der Waals surface area contributed by atoms with Gasteiger partial charge in [-0.05, 0) is 79.0 Å². The van der Waals surface area contributed by atoms with Crippen LogP contribution in [0.2, 0.25) is 5.02 Å². The van der Waals surface area contributed by atoms with Gasteiger partial charge in [0.25, 0.3) is 0 Å². The molecule has 2 fully saturated rings. The van der Waals surface area contributed by atoms with E-state index in [9.17, 15) is 5.26 Å². The summed E-state index contributed by atoms with van der Waals surface area (Å²) in [5.74, 6) is 2.06. The third-order valence-electron chi connectivity index (χ3n) is 9.11. The molecule has 3 aliphatic rings. The number of nitrogens with two attached hydrogens (primary N) is 1. The summed E-state index contributed by atoms with van der Waals surface area (Å²) in [6.07, 6.45) is 4.80. The summed E-state index contributed by atoms with van der Waals surface area (Å²) in [4.78, 5) is 15.4. The summed E-state index contributed by atoms with van der Waals surface area (Å²) in [6, 6.07) is 5.05. The Labute approximate surface area is 256 Å². The monoisotopic (exact) mass is 610 g/mol. The van der Waals surface area contributed by atoms with Crippen molar-refractivity contribution in [2.75, 3.05) is 37.3 Å². The number of likely N-dealkylation sites (N-methyl/N-ethyl adjacent to an activating group) is 1. The lowest BCUT2D eigenvalue weighted by molar-refractivity contribution is 0.117. The van der Waals surface area contributed by atoms with Gasteiger partial charge < -0.3 is 25.2 Å². The number of rotatable bonds is 6. The molecule has 0 spiro atoms. The third-order valence-corrected chi connectivity index (χ3v) is 10.5. The second-order valence-corrected chi connectivity index (χ2v) is 13.9. The van der Waals surface area contributed by atoms with E-state index in [1.54, 1.807) is 0 Å². The Kier molecular flexibility index (Phi) is 7.85. The summed E-state index contributed by atoms with van der Waals surface area (Å²) < 4.78 is 12.5. The molecular formula is C30H39ClN8O2S. The average Bonchev–Trinajstić information content (AvgIpc) is 3.68. The quantitative estimate of drug-likeness (QED) is 0.394. The van der Waals surface area contributed by atoms with Crippen molar-refractivity contribution in [3.05, 3.63) is 32.9 Å². The van der Waals surface area contributed by atoms with Gasteiger partial charge in [0.05, 0.1) is 11.0 Å². The largest absolute Gasteiger partial charge is 0.472 e. The topological polar surface area (TPSA) is 129 Å². The maximum absolute atomic E-state index is 9.91. The molecule has 3 aromatic rings. The minimum Gasteiger partial charge on any atom is -0.472 e. The Balaban J connectivity index is 1.40. The number of nitriles is 1. The van der Waals surface area contributed by atoms with Crippen LogP contribution in [0.1, 0.15) is 75.1 Å². The number of nitrogens with zero attached hydrogens (tertiary/aromatic N) is 6. The van der Waals surface area contributed by atoms with Crippen LogP contribution in [-0.4, -0.2) is 70.9 Å². The first-order chi connectivity index (χ1) is 20.1. The lowest BCUT2D eigenvalue weighted by atomic mass is 9.71. The fourth-order valence-corrected chi connectivity index (χ4v) is 8.52. The number of aryl methyl sites for hydroxylation is 1. The van der Waals surface area contributed by atoms with Crippen molar-refractivity contribution in [1.29, 1.82) is 5.26 Å². The number of halogens is 1. The molecule has 12 heteroatoms. The number of thiophene rings is 1. The molecule has 0 bridgehead atoms. The fourth-order valence-electron chi connectivity index (χ4n) is 7.08. The Morgan fingerprint density at radius 2 is 2.05 bits per heavy atom. The lowest BCUT2D eigenvalue weighted by Crippen LogP contribution is -2.54. The number of hydrogen-bond donors (Lipinski definition) is 2.